The third-order valence-corrected chi connectivity index (χ3v) is 4.79. The Labute approximate surface area is 122 Å². The minimum Gasteiger partial charge on any atom is -0.310 e. The zero-order chi connectivity index (χ0) is 13.9. The van der Waals surface area contributed by atoms with Crippen LogP contribution >= 0.6 is 11.6 Å². The topological polar surface area (TPSA) is 15.3 Å². The number of halogens is 1. The number of hydrogen-bond acceptors (Lipinski definition) is 2. The van der Waals surface area contributed by atoms with Gasteiger partial charge in [-0.15, -0.1) is 0 Å². The molecular weight excluding hydrogens is 256 g/mol. The van der Waals surface area contributed by atoms with Gasteiger partial charge in [-0.2, -0.15) is 0 Å². The Morgan fingerprint density at radius 1 is 1.47 bits per heavy atom. The molecule has 106 valence electrons. The van der Waals surface area contributed by atoms with E-state index in [-0.39, 0.29) is 0 Å². The van der Waals surface area contributed by atoms with Crippen molar-refractivity contribution in [2.24, 2.45) is 0 Å². The van der Waals surface area contributed by atoms with Crippen molar-refractivity contribution in [1.29, 1.82) is 0 Å². The van der Waals surface area contributed by atoms with E-state index in [4.69, 9.17) is 11.6 Å². The molecule has 0 radical (unpaired) electrons. The second-order valence-corrected chi connectivity index (χ2v) is 6.25. The van der Waals surface area contributed by atoms with E-state index >= 15 is 0 Å². The zero-order valence-electron chi connectivity index (χ0n) is 12.2. The average molecular weight is 281 g/mol. The number of rotatable bonds is 5. The summed E-state index contributed by atoms with van der Waals surface area (Å²) in [7, 11) is 2.21. The summed E-state index contributed by atoms with van der Waals surface area (Å²) in [4.78, 5) is 2.44. The molecule has 1 saturated heterocycles. The van der Waals surface area contributed by atoms with Gasteiger partial charge in [0.1, 0.15) is 0 Å². The lowest BCUT2D eigenvalue weighted by Gasteiger charge is -2.36. The van der Waals surface area contributed by atoms with E-state index in [1.807, 2.05) is 12.1 Å². The van der Waals surface area contributed by atoms with E-state index in [1.165, 1.54) is 24.8 Å². The van der Waals surface area contributed by atoms with Crippen LogP contribution in [0.25, 0.3) is 0 Å². The van der Waals surface area contributed by atoms with E-state index in [0.29, 0.717) is 11.6 Å². The summed E-state index contributed by atoms with van der Waals surface area (Å²) in [6.07, 6.45) is 3.78. The van der Waals surface area contributed by atoms with Crippen LogP contribution < -0.4 is 5.32 Å². The molecule has 0 aliphatic carbocycles. The molecule has 1 aromatic rings. The van der Waals surface area contributed by atoms with Crippen molar-refractivity contribution >= 4 is 11.6 Å². The van der Waals surface area contributed by atoms with Crippen molar-refractivity contribution in [3.63, 3.8) is 0 Å². The summed E-state index contributed by atoms with van der Waals surface area (Å²) in [5.74, 6) is 0. The normalized spacial score (nSPS) is 24.9. The molecule has 0 saturated carbocycles. The first-order valence-corrected chi connectivity index (χ1v) is 7.65. The predicted molar refractivity (Wildman–Crippen MR) is 82.8 cm³/mol. The maximum absolute atomic E-state index is 6.09. The van der Waals surface area contributed by atoms with Crippen molar-refractivity contribution in [1.82, 2.24) is 10.2 Å². The first-order valence-electron chi connectivity index (χ1n) is 7.27. The maximum atomic E-state index is 6.09. The van der Waals surface area contributed by atoms with Gasteiger partial charge in [-0.25, -0.2) is 0 Å². The zero-order valence-corrected chi connectivity index (χ0v) is 13.0. The number of nitrogens with zero attached hydrogens (tertiary/aromatic N) is 1. The summed E-state index contributed by atoms with van der Waals surface area (Å²) in [6.45, 7) is 6.80. The second kappa shape index (κ2) is 6.25. The Kier molecular flexibility index (Phi) is 4.88. The Hall–Kier alpha value is -0.570. The fourth-order valence-corrected chi connectivity index (χ4v) is 3.25. The molecule has 2 nitrogen and oxygen atoms in total. The van der Waals surface area contributed by atoms with Crippen LogP contribution in [0.5, 0.6) is 0 Å². The molecule has 0 bridgehead atoms. The van der Waals surface area contributed by atoms with Gasteiger partial charge >= 0.3 is 0 Å². The van der Waals surface area contributed by atoms with E-state index in [1.54, 1.807) is 0 Å². The number of hydrogen-bond donors (Lipinski definition) is 1. The molecule has 2 rings (SSSR count). The van der Waals surface area contributed by atoms with E-state index in [0.717, 1.165) is 18.1 Å². The highest BCUT2D eigenvalue weighted by atomic mass is 35.5. The molecule has 0 amide bonds. The lowest BCUT2D eigenvalue weighted by atomic mass is 9.92. The predicted octanol–water partition coefficient (Wildman–Crippen LogP) is 3.87. The van der Waals surface area contributed by atoms with Crippen LogP contribution in [-0.2, 0) is 0 Å². The van der Waals surface area contributed by atoms with Gasteiger partial charge in [0.15, 0.2) is 0 Å². The van der Waals surface area contributed by atoms with Crippen LogP contribution in [0.15, 0.2) is 24.3 Å². The third-order valence-electron chi connectivity index (χ3n) is 4.55. The Morgan fingerprint density at radius 2 is 2.26 bits per heavy atom. The molecule has 1 aliphatic heterocycles. The standard InChI is InChI=1S/C16H25ClN2/c1-4-16(9-6-10-18-16)12-19(3)13(2)14-7-5-8-15(17)11-14/h5,7-8,11,13,18H,4,6,9-10,12H2,1-3H3. The highest BCUT2D eigenvalue weighted by molar-refractivity contribution is 6.30. The van der Waals surface area contributed by atoms with Crippen molar-refractivity contribution in [3.05, 3.63) is 34.9 Å². The Bertz CT molecular complexity index is 413. The van der Waals surface area contributed by atoms with Crippen LogP contribution in [0.1, 0.15) is 44.7 Å². The largest absolute Gasteiger partial charge is 0.310 e. The van der Waals surface area contributed by atoms with Crippen LogP contribution in [0.4, 0.5) is 0 Å². The molecule has 0 aromatic heterocycles. The minimum atomic E-state index is 0.307. The van der Waals surface area contributed by atoms with Gasteiger partial charge in [0.25, 0.3) is 0 Å². The van der Waals surface area contributed by atoms with Gasteiger partial charge in [0.2, 0.25) is 0 Å². The summed E-state index contributed by atoms with van der Waals surface area (Å²) >= 11 is 6.09. The van der Waals surface area contributed by atoms with Crippen molar-refractivity contribution in [2.75, 3.05) is 20.1 Å². The molecule has 1 fully saturated rings. The lowest BCUT2D eigenvalue weighted by molar-refractivity contribution is 0.179. The molecule has 2 unspecified atom stereocenters. The third kappa shape index (κ3) is 3.50. The number of nitrogens with one attached hydrogen (secondary N) is 1. The highest BCUT2D eigenvalue weighted by Gasteiger charge is 2.33. The summed E-state index contributed by atoms with van der Waals surface area (Å²) < 4.78 is 0. The molecule has 1 N–H and O–H groups in total. The van der Waals surface area contributed by atoms with Gasteiger partial charge in [-0.05, 0) is 57.5 Å². The maximum Gasteiger partial charge on any atom is 0.0409 e. The first kappa shape index (κ1) is 14.8. The van der Waals surface area contributed by atoms with Crippen LogP contribution in [-0.4, -0.2) is 30.6 Å². The van der Waals surface area contributed by atoms with Gasteiger partial charge in [-0.1, -0.05) is 30.7 Å². The molecule has 1 heterocycles. The minimum absolute atomic E-state index is 0.307. The Morgan fingerprint density at radius 3 is 2.84 bits per heavy atom. The fourth-order valence-electron chi connectivity index (χ4n) is 3.05. The first-order chi connectivity index (χ1) is 9.06. The summed E-state index contributed by atoms with van der Waals surface area (Å²) in [5, 5.41) is 4.52. The fraction of sp³-hybridized carbons (Fsp3) is 0.625. The molecule has 1 aromatic carbocycles. The van der Waals surface area contributed by atoms with Gasteiger partial charge in [0, 0.05) is 23.1 Å². The van der Waals surface area contributed by atoms with Gasteiger partial charge in [-0.3, -0.25) is 4.90 Å². The molecule has 2 atom stereocenters. The SMILES string of the molecule is CCC1(CN(C)C(C)c2cccc(Cl)c2)CCCN1. The smallest absolute Gasteiger partial charge is 0.0409 e. The second-order valence-electron chi connectivity index (χ2n) is 5.81. The summed E-state index contributed by atoms with van der Waals surface area (Å²) in [5.41, 5.74) is 1.60. The summed E-state index contributed by atoms with van der Waals surface area (Å²) in [6, 6.07) is 8.59. The van der Waals surface area contributed by atoms with E-state index < -0.39 is 0 Å². The quantitative estimate of drug-likeness (QED) is 0.881. The number of likely N-dealkylation sites (N-methyl/N-ethyl adjacent to an activating group) is 1. The van der Waals surface area contributed by atoms with Crippen molar-refractivity contribution in [3.8, 4) is 0 Å². The lowest BCUT2D eigenvalue weighted by Crippen LogP contribution is -2.48. The van der Waals surface area contributed by atoms with E-state index in [9.17, 15) is 0 Å². The van der Waals surface area contributed by atoms with Crippen LogP contribution in [0, 0.1) is 0 Å². The number of benzene rings is 1. The highest BCUT2D eigenvalue weighted by Crippen LogP contribution is 2.28. The van der Waals surface area contributed by atoms with E-state index in [2.05, 4.69) is 43.2 Å². The molecule has 0 spiro atoms. The molecule has 19 heavy (non-hydrogen) atoms. The molecule has 3 heteroatoms. The molecule has 1 aliphatic rings. The average Bonchev–Trinajstić information content (AvgIpc) is 2.87. The van der Waals surface area contributed by atoms with Crippen LogP contribution in [0.3, 0.4) is 0 Å². The van der Waals surface area contributed by atoms with Crippen molar-refractivity contribution < 1.29 is 0 Å². The van der Waals surface area contributed by atoms with Gasteiger partial charge < -0.3 is 5.32 Å². The molecular formula is C16H25ClN2. The van der Waals surface area contributed by atoms with Gasteiger partial charge in [0.05, 0.1) is 0 Å². The van der Waals surface area contributed by atoms with Crippen LogP contribution in [0.2, 0.25) is 5.02 Å². The Balaban J connectivity index is 2.04. The van der Waals surface area contributed by atoms with Crippen molar-refractivity contribution in [2.45, 2.75) is 44.7 Å². The monoisotopic (exact) mass is 280 g/mol.